The minimum absolute atomic E-state index is 0.228. The Kier molecular flexibility index (Phi) is 3.97. The molecule has 1 aromatic carbocycles. The monoisotopic (exact) mass is 362 g/mol. The first-order chi connectivity index (χ1) is 11.8. The van der Waals surface area contributed by atoms with Crippen molar-refractivity contribution in [3.8, 4) is 0 Å². The number of carbonyl (C=O) groups excluding carboxylic acids is 2. The van der Waals surface area contributed by atoms with Crippen LogP contribution >= 0.6 is 11.6 Å². The highest BCUT2D eigenvalue weighted by Gasteiger charge is 2.61. The molecule has 4 fully saturated rings. The Labute approximate surface area is 152 Å². The predicted octanol–water partition coefficient (Wildman–Crippen LogP) is 3.79. The molecule has 5 rings (SSSR count). The molecule has 0 saturated heterocycles. The maximum absolute atomic E-state index is 12.9. The first kappa shape index (κ1) is 17.0. The highest BCUT2D eigenvalue weighted by atomic mass is 35.5. The summed E-state index contributed by atoms with van der Waals surface area (Å²) in [5.74, 6) is 0.269. The number of hydrogen-bond acceptors (Lipinski definition) is 4. The molecule has 0 radical (unpaired) electrons. The summed E-state index contributed by atoms with van der Waals surface area (Å²) in [6.07, 6.45) is 3.93. The molecule has 4 nitrogen and oxygen atoms in total. The minimum atomic E-state index is -0.837. The van der Waals surface area contributed by atoms with Crippen LogP contribution in [-0.4, -0.2) is 28.6 Å². The van der Waals surface area contributed by atoms with Crippen LogP contribution in [0.15, 0.2) is 24.3 Å². The van der Waals surface area contributed by atoms with Crippen molar-refractivity contribution in [1.29, 1.82) is 0 Å². The van der Waals surface area contributed by atoms with Crippen molar-refractivity contribution < 1.29 is 19.4 Å². The highest BCUT2D eigenvalue weighted by molar-refractivity contribution is 6.30. The number of hydrogen-bond donors (Lipinski definition) is 1. The number of rotatable bonds is 4. The zero-order valence-corrected chi connectivity index (χ0v) is 15.1. The van der Waals surface area contributed by atoms with Crippen LogP contribution in [0.5, 0.6) is 0 Å². The minimum Gasteiger partial charge on any atom is -0.454 e. The van der Waals surface area contributed by atoms with Crippen molar-refractivity contribution in [2.75, 3.05) is 0 Å². The highest BCUT2D eigenvalue weighted by Crippen LogP contribution is 2.62. The number of Topliss-reactive ketones (excluding diaryl/α,β-unsaturated/α-hetero) is 1. The van der Waals surface area contributed by atoms with Gasteiger partial charge in [-0.05, 0) is 81.5 Å². The van der Waals surface area contributed by atoms with Crippen molar-refractivity contribution in [2.24, 2.45) is 17.3 Å². The average Bonchev–Trinajstić information content (AvgIpc) is 2.52. The largest absolute Gasteiger partial charge is 0.454 e. The third-order valence-electron chi connectivity index (χ3n) is 6.25. The second-order valence-electron chi connectivity index (χ2n) is 8.38. The van der Waals surface area contributed by atoms with Gasteiger partial charge in [0.15, 0.2) is 6.10 Å². The molecule has 0 aliphatic heterocycles. The maximum Gasteiger partial charge on any atom is 0.312 e. The van der Waals surface area contributed by atoms with Crippen LogP contribution in [0.2, 0.25) is 5.02 Å². The summed E-state index contributed by atoms with van der Waals surface area (Å²) in [6.45, 7) is 1.62. The maximum atomic E-state index is 12.9. The molecule has 2 unspecified atom stereocenters. The van der Waals surface area contributed by atoms with Crippen LogP contribution < -0.4 is 0 Å². The second-order valence-corrected chi connectivity index (χ2v) is 8.82. The fourth-order valence-corrected chi connectivity index (χ4v) is 5.77. The van der Waals surface area contributed by atoms with Crippen LogP contribution in [0.1, 0.15) is 55.8 Å². The van der Waals surface area contributed by atoms with Crippen molar-refractivity contribution in [2.45, 2.75) is 57.2 Å². The van der Waals surface area contributed by atoms with E-state index >= 15 is 0 Å². The Bertz CT molecular complexity index is 697. The summed E-state index contributed by atoms with van der Waals surface area (Å²) in [5, 5.41) is 11.3. The summed E-state index contributed by atoms with van der Waals surface area (Å²) in [5.41, 5.74) is -0.839. The number of aliphatic hydroxyl groups is 1. The number of ether oxygens (including phenoxy) is 1. The summed E-state index contributed by atoms with van der Waals surface area (Å²) < 4.78 is 5.59. The standard InChI is InChI=1S/C20H23ClO4/c1-12(17(22)15-2-4-16(21)5-3-15)25-18(23)19-7-13-6-14(8-19)10-20(24,9-13)11-19/h2-5,12-14,24H,6-11H2,1H3/t12-,13-,14+,19?,20?/m0/s1. The number of halogens is 1. The molecule has 5 atom stereocenters. The van der Waals surface area contributed by atoms with E-state index < -0.39 is 17.1 Å². The summed E-state index contributed by atoms with van der Waals surface area (Å²) in [4.78, 5) is 25.4. The third-order valence-corrected chi connectivity index (χ3v) is 6.50. The molecule has 1 N–H and O–H groups in total. The Hall–Kier alpha value is -1.39. The van der Waals surface area contributed by atoms with Crippen molar-refractivity contribution in [3.05, 3.63) is 34.9 Å². The molecule has 25 heavy (non-hydrogen) atoms. The molecule has 4 bridgehead atoms. The van der Waals surface area contributed by atoms with E-state index in [9.17, 15) is 14.7 Å². The van der Waals surface area contributed by atoms with Crippen molar-refractivity contribution in [1.82, 2.24) is 0 Å². The molecule has 4 aliphatic carbocycles. The van der Waals surface area contributed by atoms with E-state index in [-0.39, 0.29) is 11.8 Å². The smallest absolute Gasteiger partial charge is 0.312 e. The SMILES string of the molecule is C[C@H](OC(=O)C12C[C@@H]3C[C@@H](CC(O)(C3)C1)C2)C(=O)c1ccc(Cl)cc1. The molecular formula is C20H23ClO4. The van der Waals surface area contributed by atoms with Gasteiger partial charge in [0.1, 0.15) is 0 Å². The van der Waals surface area contributed by atoms with Gasteiger partial charge in [-0.1, -0.05) is 11.6 Å². The molecule has 0 heterocycles. The number of carbonyl (C=O) groups is 2. The van der Waals surface area contributed by atoms with Crippen LogP contribution in [-0.2, 0) is 9.53 Å². The zero-order valence-electron chi connectivity index (χ0n) is 14.3. The number of benzene rings is 1. The average molecular weight is 363 g/mol. The van der Waals surface area contributed by atoms with Crippen LogP contribution in [0, 0.1) is 17.3 Å². The van der Waals surface area contributed by atoms with Gasteiger partial charge in [-0.2, -0.15) is 0 Å². The fourth-order valence-electron chi connectivity index (χ4n) is 5.64. The molecule has 0 aromatic heterocycles. The van der Waals surface area contributed by atoms with Gasteiger partial charge in [0.25, 0.3) is 0 Å². The van der Waals surface area contributed by atoms with E-state index in [2.05, 4.69) is 0 Å². The summed E-state index contributed by atoms with van der Waals surface area (Å²) in [6, 6.07) is 6.58. The van der Waals surface area contributed by atoms with Gasteiger partial charge in [-0.3, -0.25) is 9.59 Å². The molecule has 0 spiro atoms. The van der Waals surface area contributed by atoms with Crippen LogP contribution in [0.3, 0.4) is 0 Å². The topological polar surface area (TPSA) is 63.6 Å². The fraction of sp³-hybridized carbons (Fsp3) is 0.600. The lowest BCUT2D eigenvalue weighted by molar-refractivity contribution is -0.197. The molecule has 0 amide bonds. The van der Waals surface area contributed by atoms with Gasteiger partial charge in [-0.15, -0.1) is 0 Å². The normalized spacial score (nSPS) is 36.9. The number of ketones is 1. The lowest BCUT2D eigenvalue weighted by Crippen LogP contribution is -2.58. The van der Waals surface area contributed by atoms with Crippen LogP contribution in [0.4, 0.5) is 0 Å². The predicted molar refractivity (Wildman–Crippen MR) is 93.4 cm³/mol. The van der Waals surface area contributed by atoms with Gasteiger partial charge in [0.05, 0.1) is 11.0 Å². The number of esters is 1. The van der Waals surface area contributed by atoms with E-state index in [1.54, 1.807) is 31.2 Å². The Balaban J connectivity index is 1.48. The molecule has 5 heteroatoms. The van der Waals surface area contributed by atoms with Gasteiger partial charge in [-0.25, -0.2) is 0 Å². The van der Waals surface area contributed by atoms with Gasteiger partial charge < -0.3 is 9.84 Å². The molecule has 4 saturated carbocycles. The van der Waals surface area contributed by atoms with E-state index in [4.69, 9.17) is 16.3 Å². The zero-order chi connectivity index (χ0) is 17.8. The van der Waals surface area contributed by atoms with E-state index in [1.165, 1.54) is 0 Å². The summed E-state index contributed by atoms with van der Waals surface area (Å²) in [7, 11) is 0. The van der Waals surface area contributed by atoms with Crippen LogP contribution in [0.25, 0.3) is 0 Å². The van der Waals surface area contributed by atoms with Crippen molar-refractivity contribution in [3.63, 3.8) is 0 Å². The van der Waals surface area contributed by atoms with E-state index in [0.29, 0.717) is 28.8 Å². The molecule has 134 valence electrons. The lowest BCUT2D eigenvalue weighted by atomic mass is 9.48. The Morgan fingerprint density at radius 2 is 1.76 bits per heavy atom. The molecule has 1 aromatic rings. The van der Waals surface area contributed by atoms with Gasteiger partial charge in [0, 0.05) is 10.6 Å². The van der Waals surface area contributed by atoms with E-state index in [1.807, 2.05) is 0 Å². The quantitative estimate of drug-likeness (QED) is 0.654. The summed E-state index contributed by atoms with van der Waals surface area (Å²) >= 11 is 5.85. The molecular weight excluding hydrogens is 340 g/mol. The third kappa shape index (κ3) is 3.00. The first-order valence-corrected chi connectivity index (χ1v) is 9.40. The Morgan fingerprint density at radius 1 is 1.16 bits per heavy atom. The van der Waals surface area contributed by atoms with Gasteiger partial charge in [0.2, 0.25) is 5.78 Å². The van der Waals surface area contributed by atoms with Gasteiger partial charge >= 0.3 is 5.97 Å². The lowest BCUT2D eigenvalue weighted by Gasteiger charge is -2.58. The van der Waals surface area contributed by atoms with Crippen molar-refractivity contribution >= 4 is 23.4 Å². The molecule has 4 aliphatic rings. The Morgan fingerprint density at radius 3 is 2.32 bits per heavy atom. The van der Waals surface area contributed by atoms with E-state index in [0.717, 1.165) is 32.1 Å². The first-order valence-electron chi connectivity index (χ1n) is 9.02. The second kappa shape index (κ2) is 5.82.